The molecule has 0 aromatic heterocycles. The van der Waals surface area contributed by atoms with Gasteiger partial charge in [0.2, 0.25) is 0 Å². The van der Waals surface area contributed by atoms with E-state index in [1.165, 1.54) is 6.07 Å². The van der Waals surface area contributed by atoms with Crippen LogP contribution in [0.1, 0.15) is 18.4 Å². The van der Waals surface area contributed by atoms with Gasteiger partial charge in [0.15, 0.2) is 0 Å². The van der Waals surface area contributed by atoms with Crippen LogP contribution >= 0.6 is 0 Å². The molecule has 6 nitrogen and oxygen atoms in total. The second kappa shape index (κ2) is 5.24. The maximum Gasteiger partial charge on any atom is 0.310 e. The van der Waals surface area contributed by atoms with E-state index in [0.29, 0.717) is 18.2 Å². The number of hydrogen-bond donors (Lipinski definition) is 1. The van der Waals surface area contributed by atoms with E-state index >= 15 is 0 Å². The van der Waals surface area contributed by atoms with Gasteiger partial charge in [-0.25, -0.2) is 0 Å². The van der Waals surface area contributed by atoms with Crippen LogP contribution in [0, 0.1) is 27.4 Å². The Hall–Kier alpha value is -2.13. The molecule has 6 heteroatoms. The summed E-state index contributed by atoms with van der Waals surface area (Å²) in [5, 5.41) is 20.2. The number of rotatable bonds is 5. The average molecular weight is 260 g/mol. The van der Waals surface area contributed by atoms with Crippen molar-refractivity contribution in [1.29, 1.82) is 5.26 Å². The highest BCUT2D eigenvalue weighted by atomic mass is 16.6. The SMILES string of the molecule is CN(c1cccc(C#N)c1[N+](=O)[O-])C(CN)C1CC1. The minimum Gasteiger partial charge on any atom is -0.364 e. The van der Waals surface area contributed by atoms with E-state index in [1.54, 1.807) is 19.2 Å². The Bertz CT molecular complexity index is 534. The number of nitrogens with two attached hydrogens (primary N) is 1. The van der Waals surface area contributed by atoms with Gasteiger partial charge >= 0.3 is 5.69 Å². The number of para-hydroxylation sites is 1. The molecule has 0 spiro atoms. The predicted molar refractivity (Wildman–Crippen MR) is 71.8 cm³/mol. The predicted octanol–water partition coefficient (Wildman–Crippen LogP) is 1.64. The lowest BCUT2D eigenvalue weighted by molar-refractivity contribution is -0.384. The van der Waals surface area contributed by atoms with E-state index in [0.717, 1.165) is 12.8 Å². The molecule has 0 aliphatic heterocycles. The van der Waals surface area contributed by atoms with Crippen LogP contribution in [0.15, 0.2) is 18.2 Å². The first kappa shape index (κ1) is 13.3. The quantitative estimate of drug-likeness (QED) is 0.641. The van der Waals surface area contributed by atoms with Gasteiger partial charge in [-0.2, -0.15) is 5.26 Å². The normalized spacial score (nSPS) is 15.6. The fourth-order valence-electron chi connectivity index (χ4n) is 2.42. The summed E-state index contributed by atoms with van der Waals surface area (Å²) < 4.78 is 0. The van der Waals surface area contributed by atoms with E-state index in [2.05, 4.69) is 0 Å². The zero-order valence-electron chi connectivity index (χ0n) is 10.7. The van der Waals surface area contributed by atoms with Gasteiger partial charge in [0, 0.05) is 19.6 Å². The molecule has 0 heterocycles. The van der Waals surface area contributed by atoms with Gasteiger partial charge in [0.25, 0.3) is 0 Å². The van der Waals surface area contributed by atoms with Gasteiger partial charge in [-0.1, -0.05) is 6.07 Å². The summed E-state index contributed by atoms with van der Waals surface area (Å²) >= 11 is 0. The molecule has 2 rings (SSSR count). The van der Waals surface area contributed by atoms with Gasteiger partial charge in [0.05, 0.1) is 4.92 Å². The lowest BCUT2D eigenvalue weighted by atomic mass is 10.1. The lowest BCUT2D eigenvalue weighted by Crippen LogP contribution is -2.40. The second-order valence-corrected chi connectivity index (χ2v) is 4.79. The molecular formula is C13H16N4O2. The molecule has 0 amide bonds. The highest BCUT2D eigenvalue weighted by molar-refractivity contribution is 5.70. The van der Waals surface area contributed by atoms with Crippen molar-refractivity contribution in [3.63, 3.8) is 0 Å². The number of hydrogen-bond acceptors (Lipinski definition) is 5. The highest BCUT2D eigenvalue weighted by Gasteiger charge is 2.35. The first-order chi connectivity index (χ1) is 9.10. The fourth-order valence-corrected chi connectivity index (χ4v) is 2.42. The summed E-state index contributed by atoms with van der Waals surface area (Å²) in [5.41, 5.74) is 6.19. The molecule has 100 valence electrons. The van der Waals surface area contributed by atoms with E-state index in [1.807, 2.05) is 11.0 Å². The van der Waals surface area contributed by atoms with Crippen molar-refractivity contribution in [3.8, 4) is 6.07 Å². The summed E-state index contributed by atoms with van der Waals surface area (Å²) in [4.78, 5) is 12.5. The molecule has 1 aliphatic carbocycles. The van der Waals surface area contributed by atoms with E-state index in [4.69, 9.17) is 11.0 Å². The molecule has 1 unspecified atom stereocenters. The topological polar surface area (TPSA) is 96.2 Å². The Labute approximate surface area is 111 Å². The summed E-state index contributed by atoms with van der Waals surface area (Å²) in [6.07, 6.45) is 2.22. The zero-order chi connectivity index (χ0) is 14.0. The van der Waals surface area contributed by atoms with Crippen molar-refractivity contribution in [1.82, 2.24) is 0 Å². The van der Waals surface area contributed by atoms with E-state index in [9.17, 15) is 10.1 Å². The Morgan fingerprint density at radius 3 is 2.79 bits per heavy atom. The van der Waals surface area contributed by atoms with Crippen LogP contribution in [0.5, 0.6) is 0 Å². The van der Waals surface area contributed by atoms with Gasteiger partial charge in [-0.15, -0.1) is 0 Å². The number of likely N-dealkylation sites (N-methyl/N-ethyl adjacent to an activating group) is 1. The molecule has 0 saturated heterocycles. The number of nitriles is 1. The van der Waals surface area contributed by atoms with Gasteiger partial charge < -0.3 is 10.6 Å². The van der Waals surface area contributed by atoms with E-state index in [-0.39, 0.29) is 17.3 Å². The third-order valence-electron chi connectivity index (χ3n) is 3.60. The van der Waals surface area contributed by atoms with Crippen molar-refractivity contribution in [2.24, 2.45) is 11.7 Å². The average Bonchev–Trinajstić information content (AvgIpc) is 3.22. The smallest absolute Gasteiger partial charge is 0.310 e. The monoisotopic (exact) mass is 260 g/mol. The van der Waals surface area contributed by atoms with Crippen LogP contribution in [0.25, 0.3) is 0 Å². The molecule has 1 aromatic rings. The Kier molecular flexibility index (Phi) is 3.67. The first-order valence-electron chi connectivity index (χ1n) is 6.20. The Morgan fingerprint density at radius 1 is 1.63 bits per heavy atom. The summed E-state index contributed by atoms with van der Waals surface area (Å²) in [7, 11) is 1.80. The van der Waals surface area contributed by atoms with Crippen molar-refractivity contribution in [2.45, 2.75) is 18.9 Å². The molecule has 19 heavy (non-hydrogen) atoms. The third kappa shape index (κ3) is 2.51. The number of anilines is 1. The van der Waals surface area contributed by atoms with Crippen LogP contribution in [0.2, 0.25) is 0 Å². The Balaban J connectivity index is 2.43. The van der Waals surface area contributed by atoms with Crippen LogP contribution < -0.4 is 10.6 Å². The fraction of sp³-hybridized carbons (Fsp3) is 0.462. The van der Waals surface area contributed by atoms with Gasteiger partial charge in [-0.3, -0.25) is 10.1 Å². The standard InChI is InChI=1S/C13H16N4O2/c1-16(12(8-15)9-5-6-9)11-4-2-3-10(7-14)13(11)17(18)19/h2-4,9,12H,5-6,8,15H2,1H3. The maximum atomic E-state index is 11.2. The van der Waals surface area contributed by atoms with Crippen molar-refractivity contribution < 1.29 is 4.92 Å². The number of benzene rings is 1. The van der Waals surface area contributed by atoms with Crippen LogP contribution in [-0.4, -0.2) is 24.6 Å². The number of nitrogens with zero attached hydrogens (tertiary/aromatic N) is 3. The minimum absolute atomic E-state index is 0.0842. The molecule has 2 N–H and O–H groups in total. The molecule has 1 aliphatic rings. The van der Waals surface area contributed by atoms with Crippen LogP contribution in [0.4, 0.5) is 11.4 Å². The summed E-state index contributed by atoms with van der Waals surface area (Å²) in [5.74, 6) is 0.500. The van der Waals surface area contributed by atoms with Gasteiger partial charge in [-0.05, 0) is 30.9 Å². The third-order valence-corrected chi connectivity index (χ3v) is 3.60. The summed E-state index contributed by atoms with van der Waals surface area (Å²) in [6.45, 7) is 0.453. The molecule has 1 atom stereocenters. The van der Waals surface area contributed by atoms with Crippen molar-refractivity contribution in [2.75, 3.05) is 18.5 Å². The highest BCUT2D eigenvalue weighted by Crippen LogP contribution is 2.39. The molecular weight excluding hydrogens is 244 g/mol. The molecule has 1 fully saturated rings. The Morgan fingerprint density at radius 2 is 2.32 bits per heavy atom. The van der Waals surface area contributed by atoms with Crippen LogP contribution in [-0.2, 0) is 0 Å². The second-order valence-electron chi connectivity index (χ2n) is 4.79. The summed E-state index contributed by atoms with van der Waals surface area (Å²) in [6, 6.07) is 6.76. The number of nitro benzene ring substituents is 1. The first-order valence-corrected chi connectivity index (χ1v) is 6.20. The largest absolute Gasteiger partial charge is 0.364 e. The maximum absolute atomic E-state index is 11.2. The van der Waals surface area contributed by atoms with E-state index < -0.39 is 4.92 Å². The number of nitro groups is 1. The molecule has 1 aromatic carbocycles. The van der Waals surface area contributed by atoms with Gasteiger partial charge in [0.1, 0.15) is 17.3 Å². The van der Waals surface area contributed by atoms with Crippen molar-refractivity contribution >= 4 is 11.4 Å². The zero-order valence-corrected chi connectivity index (χ0v) is 10.7. The minimum atomic E-state index is -0.495. The molecule has 1 saturated carbocycles. The molecule has 0 radical (unpaired) electrons. The molecule has 0 bridgehead atoms. The van der Waals surface area contributed by atoms with Crippen molar-refractivity contribution in [3.05, 3.63) is 33.9 Å². The van der Waals surface area contributed by atoms with Crippen LogP contribution in [0.3, 0.4) is 0 Å². The lowest BCUT2D eigenvalue weighted by Gasteiger charge is -2.28.